The largest absolute Gasteiger partial charge is 0.416 e. The van der Waals surface area contributed by atoms with E-state index in [1.54, 1.807) is 18.0 Å². The predicted molar refractivity (Wildman–Crippen MR) is 81.4 cm³/mol. The Balaban J connectivity index is 0.00000242. The van der Waals surface area contributed by atoms with E-state index in [0.717, 1.165) is 12.1 Å². The molecule has 0 spiro atoms. The molecule has 0 aliphatic carbocycles. The monoisotopic (exact) mass is 337 g/mol. The number of nitrogens with zero attached hydrogens (tertiary/aromatic N) is 2. The van der Waals surface area contributed by atoms with Gasteiger partial charge in [-0.15, -0.1) is 12.4 Å². The molecule has 124 valence electrons. The predicted octanol–water partition coefficient (Wildman–Crippen LogP) is 2.00. The first-order valence-corrected chi connectivity index (χ1v) is 6.76. The Kier molecular flexibility index (Phi) is 6.49. The van der Waals surface area contributed by atoms with Gasteiger partial charge >= 0.3 is 6.18 Å². The van der Waals surface area contributed by atoms with Crippen molar-refractivity contribution in [3.63, 3.8) is 0 Å². The second kappa shape index (κ2) is 7.69. The van der Waals surface area contributed by atoms with Crippen LogP contribution in [-0.2, 0) is 11.0 Å². The number of nitrogens with one attached hydrogen (secondary N) is 1. The van der Waals surface area contributed by atoms with E-state index in [9.17, 15) is 18.0 Å². The Morgan fingerprint density at radius 3 is 2.41 bits per heavy atom. The van der Waals surface area contributed by atoms with Crippen molar-refractivity contribution in [2.75, 3.05) is 44.7 Å². The summed E-state index contributed by atoms with van der Waals surface area (Å²) in [6, 6.07) is 5.30. The molecule has 8 heteroatoms. The highest BCUT2D eigenvalue weighted by Gasteiger charge is 2.31. The number of carbonyl (C=O) groups is 1. The molecule has 0 radical (unpaired) electrons. The average molecular weight is 338 g/mol. The highest BCUT2D eigenvalue weighted by Crippen LogP contribution is 2.31. The van der Waals surface area contributed by atoms with Gasteiger partial charge in [-0.2, -0.15) is 13.2 Å². The maximum Gasteiger partial charge on any atom is 0.416 e. The lowest BCUT2D eigenvalue weighted by Crippen LogP contribution is -2.50. The zero-order chi connectivity index (χ0) is 15.5. The molecule has 1 fully saturated rings. The summed E-state index contributed by atoms with van der Waals surface area (Å²) in [4.78, 5) is 15.3. The van der Waals surface area contributed by atoms with Crippen LogP contribution in [0.3, 0.4) is 0 Å². The molecule has 1 saturated heterocycles. The first-order valence-electron chi connectivity index (χ1n) is 6.76. The summed E-state index contributed by atoms with van der Waals surface area (Å²) >= 11 is 0. The molecular weight excluding hydrogens is 319 g/mol. The highest BCUT2D eigenvalue weighted by molar-refractivity contribution is 5.85. The van der Waals surface area contributed by atoms with Crippen molar-refractivity contribution in [1.82, 2.24) is 10.2 Å². The van der Waals surface area contributed by atoms with Gasteiger partial charge in [-0.25, -0.2) is 0 Å². The van der Waals surface area contributed by atoms with Gasteiger partial charge in [0.25, 0.3) is 0 Å². The van der Waals surface area contributed by atoms with Crippen LogP contribution in [0.15, 0.2) is 24.3 Å². The molecule has 0 atom stereocenters. The van der Waals surface area contributed by atoms with Crippen molar-refractivity contribution in [2.45, 2.75) is 6.18 Å². The van der Waals surface area contributed by atoms with Crippen LogP contribution >= 0.6 is 12.4 Å². The van der Waals surface area contributed by atoms with Gasteiger partial charge in [-0.1, -0.05) is 6.07 Å². The van der Waals surface area contributed by atoms with Crippen LogP contribution in [0.25, 0.3) is 0 Å². The van der Waals surface area contributed by atoms with Crippen molar-refractivity contribution in [3.8, 4) is 0 Å². The number of anilines is 1. The van der Waals surface area contributed by atoms with Crippen molar-refractivity contribution in [2.24, 2.45) is 0 Å². The highest BCUT2D eigenvalue weighted by atomic mass is 35.5. The fraction of sp³-hybridized carbons (Fsp3) is 0.500. The number of amides is 1. The molecule has 1 aliphatic rings. The molecule has 0 bridgehead atoms. The normalized spacial score (nSPS) is 15.5. The molecule has 1 amide bonds. The molecule has 22 heavy (non-hydrogen) atoms. The van der Waals surface area contributed by atoms with E-state index in [1.165, 1.54) is 6.07 Å². The Labute approximate surface area is 133 Å². The summed E-state index contributed by atoms with van der Waals surface area (Å²) in [5.74, 6) is 0.0150. The molecule has 4 nitrogen and oxygen atoms in total. The van der Waals surface area contributed by atoms with Gasteiger partial charge in [-0.05, 0) is 25.2 Å². The second-order valence-electron chi connectivity index (χ2n) is 4.95. The van der Waals surface area contributed by atoms with Crippen LogP contribution in [0.5, 0.6) is 0 Å². The molecule has 1 aromatic carbocycles. The van der Waals surface area contributed by atoms with Crippen LogP contribution in [0.1, 0.15) is 5.56 Å². The van der Waals surface area contributed by atoms with E-state index >= 15 is 0 Å². The van der Waals surface area contributed by atoms with E-state index in [0.29, 0.717) is 31.9 Å². The smallest absolute Gasteiger partial charge is 0.368 e. The van der Waals surface area contributed by atoms with Crippen LogP contribution in [0, 0.1) is 0 Å². The Morgan fingerprint density at radius 1 is 1.23 bits per heavy atom. The number of carbonyl (C=O) groups excluding carboxylic acids is 1. The van der Waals surface area contributed by atoms with Gasteiger partial charge in [0.05, 0.1) is 12.1 Å². The van der Waals surface area contributed by atoms with Crippen LogP contribution < -0.4 is 10.2 Å². The fourth-order valence-electron chi connectivity index (χ4n) is 2.36. The Bertz CT molecular complexity index is 502. The summed E-state index contributed by atoms with van der Waals surface area (Å²) in [6.45, 7) is 2.41. The topological polar surface area (TPSA) is 35.6 Å². The first-order chi connectivity index (χ1) is 9.91. The maximum absolute atomic E-state index is 12.7. The summed E-state index contributed by atoms with van der Waals surface area (Å²) in [5.41, 5.74) is -0.0979. The lowest BCUT2D eigenvalue weighted by Gasteiger charge is -2.36. The zero-order valence-corrected chi connectivity index (χ0v) is 13.0. The van der Waals surface area contributed by atoms with Crippen molar-refractivity contribution in [1.29, 1.82) is 0 Å². The van der Waals surface area contributed by atoms with E-state index in [-0.39, 0.29) is 24.9 Å². The third-order valence-corrected chi connectivity index (χ3v) is 3.50. The number of likely N-dealkylation sites (N-methyl/N-ethyl adjacent to an activating group) is 1. The molecule has 1 aliphatic heterocycles. The minimum absolute atomic E-state index is 0. The van der Waals surface area contributed by atoms with Crippen LogP contribution in [0.4, 0.5) is 18.9 Å². The van der Waals surface area contributed by atoms with Crippen LogP contribution in [0.2, 0.25) is 0 Å². The molecule has 0 aromatic heterocycles. The molecule has 0 saturated carbocycles. The number of rotatable bonds is 3. The van der Waals surface area contributed by atoms with Crippen LogP contribution in [-0.4, -0.2) is 50.6 Å². The quantitative estimate of drug-likeness (QED) is 0.916. The summed E-state index contributed by atoms with van der Waals surface area (Å²) in [7, 11) is 1.71. The SMILES string of the molecule is CNCC(=O)N1CCN(c2cccc(C(F)(F)F)c2)CC1.Cl. The summed E-state index contributed by atoms with van der Waals surface area (Å²) in [5, 5.41) is 2.80. The number of hydrogen-bond acceptors (Lipinski definition) is 3. The average Bonchev–Trinajstić information content (AvgIpc) is 2.47. The van der Waals surface area contributed by atoms with Gasteiger partial charge in [-0.3, -0.25) is 4.79 Å². The standard InChI is InChI=1S/C14H18F3N3O.ClH/c1-18-10-13(21)20-7-5-19(6-8-20)12-4-2-3-11(9-12)14(15,16)17;/h2-4,9,18H,5-8,10H2,1H3;1H. The van der Waals surface area contributed by atoms with Gasteiger partial charge in [0.2, 0.25) is 5.91 Å². The summed E-state index contributed by atoms with van der Waals surface area (Å²) in [6.07, 6.45) is -4.33. The first kappa shape index (κ1) is 18.6. The molecule has 0 unspecified atom stereocenters. The molecule has 2 rings (SSSR count). The van der Waals surface area contributed by atoms with E-state index in [1.807, 2.05) is 4.90 Å². The molecular formula is C14H19ClF3N3O. The number of hydrogen-bond donors (Lipinski definition) is 1. The molecule has 1 N–H and O–H groups in total. The number of alkyl halides is 3. The van der Waals surface area contributed by atoms with Gasteiger partial charge in [0.15, 0.2) is 0 Å². The lowest BCUT2D eigenvalue weighted by atomic mass is 10.1. The minimum Gasteiger partial charge on any atom is -0.368 e. The van der Waals surface area contributed by atoms with Gasteiger partial charge < -0.3 is 15.1 Å². The van der Waals surface area contributed by atoms with Gasteiger partial charge in [0.1, 0.15) is 0 Å². The molecule has 1 heterocycles. The second-order valence-corrected chi connectivity index (χ2v) is 4.95. The van der Waals surface area contributed by atoms with Crippen molar-refractivity contribution in [3.05, 3.63) is 29.8 Å². The number of halogens is 4. The lowest BCUT2D eigenvalue weighted by molar-refractivity contribution is -0.137. The Hall–Kier alpha value is -1.47. The third-order valence-electron chi connectivity index (χ3n) is 3.50. The number of piperazine rings is 1. The van der Waals surface area contributed by atoms with Gasteiger partial charge in [0, 0.05) is 31.9 Å². The van der Waals surface area contributed by atoms with E-state index in [2.05, 4.69) is 5.32 Å². The minimum atomic E-state index is -4.33. The van der Waals surface area contributed by atoms with Crippen molar-refractivity contribution < 1.29 is 18.0 Å². The third kappa shape index (κ3) is 4.51. The van der Waals surface area contributed by atoms with Crippen molar-refractivity contribution >= 4 is 24.0 Å². The fourth-order valence-corrected chi connectivity index (χ4v) is 2.36. The molecule has 1 aromatic rings. The summed E-state index contributed by atoms with van der Waals surface area (Å²) < 4.78 is 38.1. The Morgan fingerprint density at radius 2 is 1.86 bits per heavy atom. The number of benzene rings is 1. The zero-order valence-electron chi connectivity index (χ0n) is 12.2. The maximum atomic E-state index is 12.7. The van der Waals surface area contributed by atoms with E-state index < -0.39 is 11.7 Å². The van der Waals surface area contributed by atoms with E-state index in [4.69, 9.17) is 0 Å².